The van der Waals surface area contributed by atoms with Crippen molar-refractivity contribution >= 4 is 17.3 Å². The van der Waals surface area contributed by atoms with E-state index in [9.17, 15) is 20.0 Å². The first kappa shape index (κ1) is 12.8. The van der Waals surface area contributed by atoms with Gasteiger partial charge in [0.1, 0.15) is 5.65 Å². The summed E-state index contributed by atoms with van der Waals surface area (Å²) in [7, 11) is 0. The Balaban J connectivity index is 2.10. The fraction of sp³-hybridized carbons (Fsp3) is 0. The van der Waals surface area contributed by atoms with Crippen molar-refractivity contribution < 1.29 is 14.8 Å². The molecule has 0 bridgehead atoms. The number of aromatic carboxylic acids is 1. The maximum Gasteiger partial charge on any atom is 0.270 e. The molecular weight excluding hydrogens is 274 g/mol. The van der Waals surface area contributed by atoms with Crippen LogP contribution in [0.2, 0.25) is 0 Å². The number of aromatic nitrogens is 2. The van der Waals surface area contributed by atoms with Gasteiger partial charge in [0.2, 0.25) is 0 Å². The number of pyridine rings is 1. The minimum absolute atomic E-state index is 0.0266. The highest BCUT2D eigenvalue weighted by atomic mass is 16.6. The van der Waals surface area contributed by atoms with Crippen molar-refractivity contribution in [2.45, 2.75) is 0 Å². The third kappa shape index (κ3) is 2.32. The number of nitro benzene ring substituents is 1. The molecule has 0 N–H and O–H groups in total. The van der Waals surface area contributed by atoms with E-state index in [1.807, 2.05) is 0 Å². The quantitative estimate of drug-likeness (QED) is 0.532. The second kappa shape index (κ2) is 4.71. The predicted octanol–water partition coefficient (Wildman–Crippen LogP) is 1.27. The van der Waals surface area contributed by atoms with Crippen molar-refractivity contribution in [3.63, 3.8) is 0 Å². The van der Waals surface area contributed by atoms with Crippen LogP contribution < -0.4 is 5.11 Å². The molecule has 7 heteroatoms. The van der Waals surface area contributed by atoms with E-state index in [1.54, 1.807) is 28.9 Å². The average Bonchev–Trinajstić information content (AvgIpc) is 2.90. The molecule has 3 aromatic rings. The van der Waals surface area contributed by atoms with Crippen LogP contribution in [0.4, 0.5) is 5.69 Å². The number of nitrogens with zero attached hydrogens (tertiary/aromatic N) is 3. The van der Waals surface area contributed by atoms with Gasteiger partial charge in [0, 0.05) is 35.7 Å². The van der Waals surface area contributed by atoms with Gasteiger partial charge in [0.25, 0.3) is 5.69 Å². The van der Waals surface area contributed by atoms with E-state index in [0.717, 1.165) is 0 Å². The van der Waals surface area contributed by atoms with E-state index in [4.69, 9.17) is 0 Å². The summed E-state index contributed by atoms with van der Waals surface area (Å²) in [4.78, 5) is 25.4. The van der Waals surface area contributed by atoms with Gasteiger partial charge in [0.05, 0.1) is 16.6 Å². The molecule has 1 aromatic carbocycles. The van der Waals surface area contributed by atoms with Crippen molar-refractivity contribution in [3.8, 4) is 11.3 Å². The number of hydrogen-bond acceptors (Lipinski definition) is 5. The number of carbonyl (C=O) groups is 1. The number of carbonyl (C=O) groups excluding carboxylic acids is 1. The molecule has 7 nitrogen and oxygen atoms in total. The molecule has 2 heterocycles. The summed E-state index contributed by atoms with van der Waals surface area (Å²) in [6.07, 6.45) is 3.22. The SMILES string of the molecule is O=C([O-])c1ccn2cc(-c3cccc([N+](=O)[O-])c3)nc2c1. The van der Waals surface area contributed by atoms with Crippen molar-refractivity contribution in [3.05, 3.63) is 64.5 Å². The normalized spacial score (nSPS) is 10.7. The molecule has 0 saturated heterocycles. The van der Waals surface area contributed by atoms with E-state index < -0.39 is 10.9 Å². The molecule has 0 radical (unpaired) electrons. The highest BCUT2D eigenvalue weighted by molar-refractivity contribution is 5.87. The van der Waals surface area contributed by atoms with Crippen LogP contribution in [0.5, 0.6) is 0 Å². The fourth-order valence-electron chi connectivity index (χ4n) is 2.03. The van der Waals surface area contributed by atoms with Crippen molar-refractivity contribution in [1.82, 2.24) is 9.38 Å². The maximum absolute atomic E-state index is 10.8. The summed E-state index contributed by atoms with van der Waals surface area (Å²) in [6.45, 7) is 0. The number of non-ortho nitro benzene ring substituents is 1. The largest absolute Gasteiger partial charge is 0.545 e. The van der Waals surface area contributed by atoms with Gasteiger partial charge in [-0.15, -0.1) is 0 Å². The molecule has 0 aliphatic heterocycles. The number of benzene rings is 1. The lowest BCUT2D eigenvalue weighted by Gasteiger charge is -2.01. The number of imidazole rings is 1. The number of carboxylic acid groups (broad SMARTS) is 1. The van der Waals surface area contributed by atoms with Crippen LogP contribution in [-0.2, 0) is 0 Å². The van der Waals surface area contributed by atoms with E-state index >= 15 is 0 Å². The molecule has 0 aliphatic carbocycles. The Morgan fingerprint density at radius 2 is 2.05 bits per heavy atom. The lowest BCUT2D eigenvalue weighted by Crippen LogP contribution is -2.22. The zero-order valence-electron chi connectivity index (χ0n) is 10.6. The summed E-state index contributed by atoms with van der Waals surface area (Å²) in [5, 5.41) is 21.6. The Bertz CT molecular complexity index is 870. The monoisotopic (exact) mass is 282 g/mol. The van der Waals surface area contributed by atoms with Gasteiger partial charge in [-0.05, 0) is 12.1 Å². The van der Waals surface area contributed by atoms with Crippen LogP contribution in [0.15, 0.2) is 48.8 Å². The van der Waals surface area contributed by atoms with Gasteiger partial charge in [-0.3, -0.25) is 10.1 Å². The summed E-state index contributed by atoms with van der Waals surface area (Å²) in [5.41, 5.74) is 1.54. The predicted molar refractivity (Wildman–Crippen MR) is 71.6 cm³/mol. The molecule has 0 amide bonds. The lowest BCUT2D eigenvalue weighted by atomic mass is 10.1. The molecule has 2 aromatic heterocycles. The van der Waals surface area contributed by atoms with Crippen LogP contribution in [-0.4, -0.2) is 20.3 Å². The number of fused-ring (bicyclic) bond motifs is 1. The minimum atomic E-state index is -1.28. The third-order valence-electron chi connectivity index (χ3n) is 3.05. The third-order valence-corrected chi connectivity index (χ3v) is 3.05. The van der Waals surface area contributed by atoms with Gasteiger partial charge < -0.3 is 14.3 Å². The zero-order valence-corrected chi connectivity index (χ0v) is 10.6. The van der Waals surface area contributed by atoms with Crippen molar-refractivity contribution in [2.75, 3.05) is 0 Å². The molecular formula is C14H8N3O4-. The standard InChI is InChI=1S/C14H9N3O4/c18-14(19)10-4-5-16-8-12(15-13(16)7-10)9-2-1-3-11(6-9)17(20)21/h1-8H,(H,18,19)/p-1. The van der Waals surface area contributed by atoms with E-state index in [-0.39, 0.29) is 11.3 Å². The van der Waals surface area contributed by atoms with Crippen molar-refractivity contribution in [1.29, 1.82) is 0 Å². The first-order valence-electron chi connectivity index (χ1n) is 5.99. The molecule has 0 unspecified atom stereocenters. The second-order valence-electron chi connectivity index (χ2n) is 4.40. The Morgan fingerprint density at radius 1 is 1.24 bits per heavy atom. The number of hydrogen-bond donors (Lipinski definition) is 0. The topological polar surface area (TPSA) is 101 Å². The molecule has 21 heavy (non-hydrogen) atoms. The summed E-state index contributed by atoms with van der Waals surface area (Å²) < 4.78 is 1.64. The Labute approximate surface area is 118 Å². The fourth-order valence-corrected chi connectivity index (χ4v) is 2.03. The lowest BCUT2D eigenvalue weighted by molar-refractivity contribution is -0.384. The van der Waals surface area contributed by atoms with Crippen LogP contribution in [0.1, 0.15) is 10.4 Å². The average molecular weight is 282 g/mol. The summed E-state index contributed by atoms with van der Waals surface area (Å²) in [6, 6.07) is 8.88. The Morgan fingerprint density at radius 3 is 2.76 bits per heavy atom. The van der Waals surface area contributed by atoms with Crippen molar-refractivity contribution in [2.24, 2.45) is 0 Å². The van der Waals surface area contributed by atoms with Crippen LogP contribution >= 0.6 is 0 Å². The van der Waals surface area contributed by atoms with Gasteiger partial charge in [-0.25, -0.2) is 4.98 Å². The smallest absolute Gasteiger partial charge is 0.270 e. The highest BCUT2D eigenvalue weighted by Gasteiger charge is 2.10. The summed E-state index contributed by atoms with van der Waals surface area (Å²) in [5.74, 6) is -1.28. The van der Waals surface area contributed by atoms with E-state index in [0.29, 0.717) is 16.9 Å². The highest BCUT2D eigenvalue weighted by Crippen LogP contribution is 2.23. The molecule has 3 rings (SSSR count). The van der Waals surface area contributed by atoms with Gasteiger partial charge in [-0.2, -0.15) is 0 Å². The first-order valence-corrected chi connectivity index (χ1v) is 5.99. The van der Waals surface area contributed by atoms with Gasteiger partial charge in [-0.1, -0.05) is 12.1 Å². The molecule has 0 atom stereocenters. The summed E-state index contributed by atoms with van der Waals surface area (Å²) >= 11 is 0. The van der Waals surface area contributed by atoms with Crippen LogP contribution in [0.3, 0.4) is 0 Å². The van der Waals surface area contributed by atoms with E-state index in [2.05, 4.69) is 4.98 Å². The molecule has 0 aliphatic rings. The molecule has 0 spiro atoms. The Kier molecular flexibility index (Phi) is 2.87. The number of carboxylic acids is 1. The minimum Gasteiger partial charge on any atom is -0.545 e. The van der Waals surface area contributed by atoms with E-state index in [1.165, 1.54) is 24.3 Å². The van der Waals surface area contributed by atoms with Gasteiger partial charge >= 0.3 is 0 Å². The van der Waals surface area contributed by atoms with Gasteiger partial charge in [0.15, 0.2) is 0 Å². The molecule has 0 fully saturated rings. The van der Waals surface area contributed by atoms with Crippen LogP contribution in [0.25, 0.3) is 16.9 Å². The molecule has 0 saturated carbocycles. The second-order valence-corrected chi connectivity index (χ2v) is 4.40. The number of rotatable bonds is 3. The molecule has 104 valence electrons. The first-order chi connectivity index (χ1) is 10.0. The zero-order chi connectivity index (χ0) is 15.0. The maximum atomic E-state index is 10.8. The Hall–Kier alpha value is -3.22. The van der Waals surface area contributed by atoms with Crippen LogP contribution in [0, 0.1) is 10.1 Å². The number of nitro groups is 1.